The molecule has 0 saturated carbocycles. The van der Waals surface area contributed by atoms with Crippen LogP contribution in [-0.2, 0) is 4.79 Å². The summed E-state index contributed by atoms with van der Waals surface area (Å²) in [7, 11) is 0. The van der Waals surface area contributed by atoms with Gasteiger partial charge in [0, 0.05) is 12.6 Å². The summed E-state index contributed by atoms with van der Waals surface area (Å²) < 4.78 is 19.0. The lowest BCUT2D eigenvalue weighted by Crippen LogP contribution is -2.47. The highest BCUT2D eigenvalue weighted by Gasteiger charge is 2.22. The van der Waals surface area contributed by atoms with E-state index >= 15 is 0 Å². The van der Waals surface area contributed by atoms with E-state index in [1.54, 1.807) is 0 Å². The summed E-state index contributed by atoms with van der Waals surface area (Å²) in [5.74, 6) is -0.305. The van der Waals surface area contributed by atoms with Gasteiger partial charge in [0.2, 0.25) is 5.91 Å². The van der Waals surface area contributed by atoms with E-state index in [9.17, 15) is 14.0 Å². The van der Waals surface area contributed by atoms with Crippen molar-refractivity contribution in [3.8, 4) is 5.75 Å². The molecular formula is C16H22FN3O3. The Morgan fingerprint density at radius 3 is 2.91 bits per heavy atom. The van der Waals surface area contributed by atoms with Crippen molar-refractivity contribution in [3.05, 3.63) is 24.0 Å². The Hall–Kier alpha value is -2.31. The van der Waals surface area contributed by atoms with Crippen molar-refractivity contribution in [1.29, 1.82) is 0 Å². The average molecular weight is 323 g/mol. The van der Waals surface area contributed by atoms with Crippen LogP contribution < -0.4 is 20.7 Å². The van der Waals surface area contributed by atoms with Gasteiger partial charge in [-0.3, -0.25) is 4.79 Å². The Morgan fingerprint density at radius 2 is 2.17 bits per heavy atom. The molecule has 1 aliphatic heterocycles. The van der Waals surface area contributed by atoms with Crippen LogP contribution in [0.25, 0.3) is 0 Å². The number of carbonyl (C=O) groups is 2. The molecule has 0 radical (unpaired) electrons. The third-order valence-corrected chi connectivity index (χ3v) is 3.39. The van der Waals surface area contributed by atoms with Crippen molar-refractivity contribution < 1.29 is 18.7 Å². The normalized spacial score (nSPS) is 18.1. The molecule has 0 unspecified atom stereocenters. The smallest absolute Gasteiger partial charge is 0.319 e. The highest BCUT2D eigenvalue weighted by atomic mass is 19.1. The number of carbonyl (C=O) groups excluding carboxylic acids is 2. The number of hydrogen-bond acceptors (Lipinski definition) is 3. The third-order valence-electron chi connectivity index (χ3n) is 3.39. The first-order chi connectivity index (χ1) is 11.0. The lowest BCUT2D eigenvalue weighted by Gasteiger charge is -2.18. The lowest BCUT2D eigenvalue weighted by atomic mass is 10.1. The Labute approximate surface area is 134 Å². The van der Waals surface area contributed by atoms with Crippen LogP contribution in [0.1, 0.15) is 33.1 Å². The van der Waals surface area contributed by atoms with Gasteiger partial charge in [0.1, 0.15) is 17.6 Å². The highest BCUT2D eigenvalue weighted by Crippen LogP contribution is 2.26. The number of nitrogens with one attached hydrogen (secondary N) is 3. The van der Waals surface area contributed by atoms with Gasteiger partial charge in [-0.1, -0.05) is 0 Å². The van der Waals surface area contributed by atoms with E-state index in [1.165, 1.54) is 18.2 Å². The standard InChI is InChI=1S/C16H22FN3O3/c1-10(2)23-14-7-6-11(17)9-13(14)20-16(22)19-12-5-3-4-8-18-15(12)21/h6-7,9-10,12H,3-5,8H2,1-2H3,(H,18,21)(H2,19,20,22)/t12-/m1/s1. The van der Waals surface area contributed by atoms with Crippen LogP contribution in [0.3, 0.4) is 0 Å². The molecule has 0 aliphatic carbocycles. The van der Waals surface area contributed by atoms with E-state index < -0.39 is 17.9 Å². The number of urea groups is 1. The molecule has 1 atom stereocenters. The fourth-order valence-electron chi connectivity index (χ4n) is 2.35. The molecule has 2 rings (SSSR count). The summed E-state index contributed by atoms with van der Waals surface area (Å²) in [4.78, 5) is 23.9. The Kier molecular flexibility index (Phi) is 5.78. The molecule has 1 aliphatic rings. The summed E-state index contributed by atoms with van der Waals surface area (Å²) in [6, 6.07) is 2.76. The molecule has 23 heavy (non-hydrogen) atoms. The molecular weight excluding hydrogens is 301 g/mol. The van der Waals surface area contributed by atoms with Gasteiger partial charge in [-0.15, -0.1) is 0 Å². The van der Waals surface area contributed by atoms with E-state index in [0.717, 1.165) is 12.8 Å². The van der Waals surface area contributed by atoms with Gasteiger partial charge in [-0.05, 0) is 45.2 Å². The van der Waals surface area contributed by atoms with E-state index in [4.69, 9.17) is 4.74 Å². The second-order valence-electron chi connectivity index (χ2n) is 5.74. The molecule has 3 N–H and O–H groups in total. The predicted octanol–water partition coefficient (Wildman–Crippen LogP) is 2.40. The maximum atomic E-state index is 13.4. The molecule has 7 heteroatoms. The minimum absolute atomic E-state index is 0.114. The van der Waals surface area contributed by atoms with Crippen molar-refractivity contribution in [1.82, 2.24) is 10.6 Å². The van der Waals surface area contributed by atoms with Crippen LogP contribution in [-0.4, -0.2) is 30.6 Å². The van der Waals surface area contributed by atoms with Gasteiger partial charge in [0.05, 0.1) is 11.8 Å². The monoisotopic (exact) mass is 323 g/mol. The maximum Gasteiger partial charge on any atom is 0.319 e. The molecule has 1 aromatic rings. The summed E-state index contributed by atoms with van der Waals surface area (Å²) in [6.45, 7) is 4.29. The first-order valence-electron chi connectivity index (χ1n) is 7.77. The Balaban J connectivity index is 2.04. The fourth-order valence-corrected chi connectivity index (χ4v) is 2.35. The van der Waals surface area contributed by atoms with Crippen molar-refractivity contribution in [2.24, 2.45) is 0 Å². The molecule has 126 valence electrons. The van der Waals surface area contributed by atoms with Crippen LogP contribution >= 0.6 is 0 Å². The molecule has 3 amide bonds. The highest BCUT2D eigenvalue weighted by molar-refractivity contribution is 5.94. The Bertz CT molecular complexity index is 578. The summed E-state index contributed by atoms with van der Waals surface area (Å²) in [5, 5.41) is 7.91. The second-order valence-corrected chi connectivity index (χ2v) is 5.74. The molecule has 0 aromatic heterocycles. The molecule has 1 aromatic carbocycles. The number of rotatable bonds is 4. The van der Waals surface area contributed by atoms with E-state index in [1.807, 2.05) is 13.8 Å². The zero-order chi connectivity index (χ0) is 16.8. The largest absolute Gasteiger partial charge is 0.489 e. The number of halogens is 1. The molecule has 1 fully saturated rings. The molecule has 1 saturated heterocycles. The van der Waals surface area contributed by atoms with Gasteiger partial charge in [-0.25, -0.2) is 9.18 Å². The molecule has 0 bridgehead atoms. The number of benzene rings is 1. The van der Waals surface area contributed by atoms with Crippen molar-refractivity contribution >= 4 is 17.6 Å². The quantitative estimate of drug-likeness (QED) is 0.796. The SMILES string of the molecule is CC(C)Oc1ccc(F)cc1NC(=O)N[C@@H]1CCCCNC1=O. The first-order valence-corrected chi connectivity index (χ1v) is 7.77. The second kappa shape index (κ2) is 7.80. The number of ether oxygens (including phenoxy) is 1. The lowest BCUT2D eigenvalue weighted by molar-refractivity contribution is -0.122. The first kappa shape index (κ1) is 17.1. The van der Waals surface area contributed by atoms with Gasteiger partial charge in [0.25, 0.3) is 0 Å². The minimum atomic E-state index is -0.583. The van der Waals surface area contributed by atoms with Crippen molar-refractivity contribution in [3.63, 3.8) is 0 Å². The molecule has 1 heterocycles. The molecule has 6 nitrogen and oxygen atoms in total. The molecule has 0 spiro atoms. The van der Waals surface area contributed by atoms with E-state index in [-0.39, 0.29) is 17.7 Å². The average Bonchev–Trinajstić information content (AvgIpc) is 2.67. The van der Waals surface area contributed by atoms with Crippen molar-refractivity contribution in [2.75, 3.05) is 11.9 Å². The van der Waals surface area contributed by atoms with E-state index in [0.29, 0.717) is 18.7 Å². The van der Waals surface area contributed by atoms with Gasteiger partial charge < -0.3 is 20.7 Å². The van der Waals surface area contributed by atoms with Gasteiger partial charge in [-0.2, -0.15) is 0 Å². The fraction of sp³-hybridized carbons (Fsp3) is 0.500. The number of hydrogen-bond donors (Lipinski definition) is 3. The van der Waals surface area contributed by atoms with Crippen LogP contribution in [0.5, 0.6) is 5.75 Å². The maximum absolute atomic E-state index is 13.4. The van der Waals surface area contributed by atoms with Crippen LogP contribution in [0, 0.1) is 5.82 Å². The summed E-state index contributed by atoms with van der Waals surface area (Å²) >= 11 is 0. The third kappa shape index (κ3) is 5.12. The zero-order valence-electron chi connectivity index (χ0n) is 13.3. The van der Waals surface area contributed by atoms with Crippen LogP contribution in [0.4, 0.5) is 14.9 Å². The van der Waals surface area contributed by atoms with Gasteiger partial charge >= 0.3 is 6.03 Å². The topological polar surface area (TPSA) is 79.5 Å². The summed E-state index contributed by atoms with van der Waals surface area (Å²) in [6.07, 6.45) is 2.21. The van der Waals surface area contributed by atoms with E-state index in [2.05, 4.69) is 16.0 Å². The number of amides is 3. The van der Waals surface area contributed by atoms with Crippen molar-refractivity contribution in [2.45, 2.75) is 45.3 Å². The summed E-state index contributed by atoms with van der Waals surface area (Å²) in [5.41, 5.74) is 0.227. The number of anilines is 1. The van der Waals surface area contributed by atoms with Gasteiger partial charge in [0.15, 0.2) is 0 Å². The zero-order valence-corrected chi connectivity index (χ0v) is 13.3. The Morgan fingerprint density at radius 1 is 1.39 bits per heavy atom. The minimum Gasteiger partial charge on any atom is -0.489 e. The van der Waals surface area contributed by atoms with Crippen LogP contribution in [0.15, 0.2) is 18.2 Å². The predicted molar refractivity (Wildman–Crippen MR) is 85.0 cm³/mol. The van der Waals surface area contributed by atoms with Crippen LogP contribution in [0.2, 0.25) is 0 Å².